The van der Waals surface area contributed by atoms with E-state index in [-0.39, 0.29) is 12.7 Å². The van der Waals surface area contributed by atoms with E-state index >= 15 is 0 Å². The molecule has 5 nitrogen and oxygen atoms in total. The molecule has 1 heterocycles. The molecule has 100 valence electrons. The summed E-state index contributed by atoms with van der Waals surface area (Å²) in [6.07, 6.45) is 0.830. The molecule has 0 saturated carbocycles. The van der Waals surface area contributed by atoms with Crippen molar-refractivity contribution < 1.29 is 14.6 Å². The molecule has 0 aromatic heterocycles. The average Bonchev–Trinajstić information content (AvgIpc) is 2.11. The van der Waals surface area contributed by atoms with Crippen molar-refractivity contribution in [1.29, 1.82) is 0 Å². The first-order valence-corrected chi connectivity index (χ1v) is 6.22. The number of nitrogens with zero attached hydrogens (tertiary/aromatic N) is 1. The van der Waals surface area contributed by atoms with Crippen LogP contribution in [-0.4, -0.2) is 54.5 Å². The molecule has 0 aliphatic carbocycles. The molecule has 0 aromatic rings. The van der Waals surface area contributed by atoms with Gasteiger partial charge in [-0.25, -0.2) is 4.79 Å². The number of hydrogen-bond acceptors (Lipinski definition) is 4. The Hall–Kier alpha value is -0.810. The van der Waals surface area contributed by atoms with Crippen LogP contribution in [0, 0.1) is 5.92 Å². The molecule has 0 radical (unpaired) electrons. The standard InChI is InChI=1S/C12H24N2O3/c1-12(2,3)17-11(16)14-8-10(9-14)4-5-13-6-7-15/h10,13,15H,4-9H2,1-3H3. The molecule has 1 amide bonds. The zero-order valence-corrected chi connectivity index (χ0v) is 11.0. The highest BCUT2D eigenvalue weighted by molar-refractivity contribution is 5.69. The molecule has 0 atom stereocenters. The SMILES string of the molecule is CC(C)(C)OC(=O)N1CC(CCNCCO)C1. The number of likely N-dealkylation sites (tertiary alicyclic amines) is 1. The summed E-state index contributed by atoms with van der Waals surface area (Å²) in [7, 11) is 0. The monoisotopic (exact) mass is 244 g/mol. The Kier molecular flexibility index (Phi) is 5.21. The molecule has 1 rings (SSSR count). The zero-order valence-electron chi connectivity index (χ0n) is 11.0. The van der Waals surface area contributed by atoms with Gasteiger partial charge in [-0.3, -0.25) is 0 Å². The number of hydrogen-bond donors (Lipinski definition) is 2. The van der Waals surface area contributed by atoms with Crippen molar-refractivity contribution in [3.05, 3.63) is 0 Å². The lowest BCUT2D eigenvalue weighted by Crippen LogP contribution is -2.52. The van der Waals surface area contributed by atoms with Gasteiger partial charge in [0.25, 0.3) is 0 Å². The van der Waals surface area contributed by atoms with Gasteiger partial charge in [-0.2, -0.15) is 0 Å². The van der Waals surface area contributed by atoms with Gasteiger partial charge in [0.1, 0.15) is 5.60 Å². The fraction of sp³-hybridized carbons (Fsp3) is 0.917. The summed E-state index contributed by atoms with van der Waals surface area (Å²) in [5.41, 5.74) is -0.412. The van der Waals surface area contributed by atoms with Crippen LogP contribution in [0.25, 0.3) is 0 Å². The van der Waals surface area contributed by atoms with E-state index in [1.807, 2.05) is 20.8 Å². The first-order valence-electron chi connectivity index (χ1n) is 6.22. The Labute approximate surface area is 103 Å². The maximum absolute atomic E-state index is 11.6. The third kappa shape index (κ3) is 5.37. The highest BCUT2D eigenvalue weighted by Gasteiger charge is 2.32. The lowest BCUT2D eigenvalue weighted by Gasteiger charge is -2.39. The Morgan fingerprint density at radius 1 is 1.41 bits per heavy atom. The van der Waals surface area contributed by atoms with Gasteiger partial charge in [0.05, 0.1) is 6.61 Å². The minimum atomic E-state index is -0.412. The Bertz CT molecular complexity index is 245. The molecule has 2 N–H and O–H groups in total. The predicted molar refractivity (Wildman–Crippen MR) is 65.9 cm³/mol. The molecular weight excluding hydrogens is 220 g/mol. The van der Waals surface area contributed by atoms with Crippen LogP contribution in [0.1, 0.15) is 27.2 Å². The molecule has 0 spiro atoms. The molecule has 5 heteroatoms. The Morgan fingerprint density at radius 2 is 2.06 bits per heavy atom. The molecule has 0 bridgehead atoms. The first kappa shape index (κ1) is 14.3. The van der Waals surface area contributed by atoms with Gasteiger partial charge in [-0.05, 0) is 39.7 Å². The van der Waals surface area contributed by atoms with Crippen LogP contribution < -0.4 is 5.32 Å². The Morgan fingerprint density at radius 3 is 2.59 bits per heavy atom. The van der Waals surface area contributed by atoms with Gasteiger partial charge in [0, 0.05) is 19.6 Å². The fourth-order valence-electron chi connectivity index (χ4n) is 1.74. The van der Waals surface area contributed by atoms with Gasteiger partial charge < -0.3 is 20.1 Å². The molecule has 1 saturated heterocycles. The number of rotatable bonds is 5. The topological polar surface area (TPSA) is 61.8 Å². The number of ether oxygens (including phenoxy) is 1. The first-order chi connectivity index (χ1) is 7.92. The second kappa shape index (κ2) is 6.21. The van der Waals surface area contributed by atoms with Crippen molar-refractivity contribution in [3.8, 4) is 0 Å². The average molecular weight is 244 g/mol. The van der Waals surface area contributed by atoms with E-state index in [9.17, 15) is 4.79 Å². The quantitative estimate of drug-likeness (QED) is 0.703. The van der Waals surface area contributed by atoms with Crippen LogP contribution in [0.4, 0.5) is 4.79 Å². The van der Waals surface area contributed by atoms with E-state index < -0.39 is 5.60 Å². The number of aliphatic hydroxyl groups is 1. The van der Waals surface area contributed by atoms with Gasteiger partial charge in [0.2, 0.25) is 0 Å². The fourth-order valence-corrected chi connectivity index (χ4v) is 1.74. The van der Waals surface area contributed by atoms with Crippen LogP contribution in [0.5, 0.6) is 0 Å². The van der Waals surface area contributed by atoms with Crippen LogP contribution >= 0.6 is 0 Å². The summed E-state index contributed by atoms with van der Waals surface area (Å²) in [5.74, 6) is 0.564. The summed E-state index contributed by atoms with van der Waals surface area (Å²) in [5, 5.41) is 11.7. The summed E-state index contributed by atoms with van der Waals surface area (Å²) in [6, 6.07) is 0. The zero-order chi connectivity index (χ0) is 12.9. The normalized spacial score (nSPS) is 16.8. The third-order valence-corrected chi connectivity index (χ3v) is 2.63. The third-order valence-electron chi connectivity index (χ3n) is 2.63. The van der Waals surface area contributed by atoms with E-state index in [1.54, 1.807) is 4.90 Å². The maximum Gasteiger partial charge on any atom is 0.410 e. The van der Waals surface area contributed by atoms with Gasteiger partial charge >= 0.3 is 6.09 Å². The van der Waals surface area contributed by atoms with Gasteiger partial charge in [-0.15, -0.1) is 0 Å². The highest BCUT2D eigenvalue weighted by atomic mass is 16.6. The Balaban J connectivity index is 2.08. The maximum atomic E-state index is 11.6. The van der Waals surface area contributed by atoms with E-state index in [0.29, 0.717) is 12.5 Å². The molecule has 1 aliphatic rings. The number of nitrogens with one attached hydrogen (secondary N) is 1. The minimum absolute atomic E-state index is 0.175. The lowest BCUT2D eigenvalue weighted by molar-refractivity contribution is -0.00203. The highest BCUT2D eigenvalue weighted by Crippen LogP contribution is 2.21. The molecule has 0 unspecified atom stereocenters. The van der Waals surface area contributed by atoms with E-state index in [1.165, 1.54) is 0 Å². The van der Waals surface area contributed by atoms with E-state index in [2.05, 4.69) is 5.32 Å². The molecule has 1 aliphatic heterocycles. The summed E-state index contributed by atoms with van der Waals surface area (Å²) in [6.45, 7) is 8.92. The largest absolute Gasteiger partial charge is 0.444 e. The van der Waals surface area contributed by atoms with Crippen molar-refractivity contribution >= 4 is 6.09 Å². The molecule has 1 fully saturated rings. The van der Waals surface area contributed by atoms with Crippen LogP contribution in [-0.2, 0) is 4.74 Å². The van der Waals surface area contributed by atoms with Crippen molar-refractivity contribution in [2.75, 3.05) is 32.8 Å². The summed E-state index contributed by atoms with van der Waals surface area (Å²) < 4.78 is 5.27. The van der Waals surface area contributed by atoms with Crippen LogP contribution in [0.2, 0.25) is 0 Å². The van der Waals surface area contributed by atoms with Crippen molar-refractivity contribution in [1.82, 2.24) is 10.2 Å². The second-order valence-electron chi connectivity index (χ2n) is 5.51. The van der Waals surface area contributed by atoms with E-state index in [4.69, 9.17) is 9.84 Å². The minimum Gasteiger partial charge on any atom is -0.444 e. The summed E-state index contributed by atoms with van der Waals surface area (Å²) in [4.78, 5) is 13.4. The number of aliphatic hydroxyl groups excluding tert-OH is 1. The van der Waals surface area contributed by atoms with Crippen LogP contribution in [0.3, 0.4) is 0 Å². The van der Waals surface area contributed by atoms with Crippen molar-refractivity contribution in [3.63, 3.8) is 0 Å². The molecule has 0 aromatic carbocycles. The van der Waals surface area contributed by atoms with Gasteiger partial charge in [0.15, 0.2) is 0 Å². The summed E-state index contributed by atoms with van der Waals surface area (Å²) >= 11 is 0. The smallest absolute Gasteiger partial charge is 0.410 e. The number of carbonyl (C=O) groups excluding carboxylic acids is 1. The van der Waals surface area contributed by atoms with E-state index in [0.717, 1.165) is 26.1 Å². The molecular formula is C12H24N2O3. The van der Waals surface area contributed by atoms with Gasteiger partial charge in [-0.1, -0.05) is 0 Å². The number of amides is 1. The van der Waals surface area contributed by atoms with Crippen molar-refractivity contribution in [2.45, 2.75) is 32.8 Å². The number of carbonyl (C=O) groups is 1. The van der Waals surface area contributed by atoms with Crippen LogP contribution in [0.15, 0.2) is 0 Å². The second-order valence-corrected chi connectivity index (χ2v) is 5.51. The molecule has 17 heavy (non-hydrogen) atoms. The van der Waals surface area contributed by atoms with Crippen molar-refractivity contribution in [2.24, 2.45) is 5.92 Å². The lowest BCUT2D eigenvalue weighted by atomic mass is 9.97. The predicted octanol–water partition coefficient (Wildman–Crippen LogP) is 0.825.